The molecule has 1 aliphatic heterocycles. The SMILES string of the molecule is O=C1OCC[C@@H](CO)N1Cc1ccccc1. The maximum absolute atomic E-state index is 11.6. The maximum Gasteiger partial charge on any atom is 0.410 e. The summed E-state index contributed by atoms with van der Waals surface area (Å²) in [6.07, 6.45) is 0.351. The minimum absolute atomic E-state index is 0.0120. The highest BCUT2D eigenvalue weighted by Crippen LogP contribution is 2.16. The number of hydrogen-bond donors (Lipinski definition) is 1. The molecule has 1 heterocycles. The summed E-state index contributed by atoms with van der Waals surface area (Å²) in [5.74, 6) is 0. The van der Waals surface area contributed by atoms with E-state index in [2.05, 4.69) is 0 Å². The lowest BCUT2D eigenvalue weighted by atomic mass is 10.1. The number of amides is 1. The van der Waals surface area contributed by atoms with Gasteiger partial charge < -0.3 is 9.84 Å². The van der Waals surface area contributed by atoms with Gasteiger partial charge in [0.15, 0.2) is 0 Å². The van der Waals surface area contributed by atoms with E-state index < -0.39 is 0 Å². The average molecular weight is 221 g/mol. The molecule has 4 nitrogen and oxygen atoms in total. The molecule has 1 fully saturated rings. The average Bonchev–Trinajstić information content (AvgIpc) is 2.33. The van der Waals surface area contributed by atoms with E-state index >= 15 is 0 Å². The number of carbonyl (C=O) groups excluding carboxylic acids is 1. The quantitative estimate of drug-likeness (QED) is 0.839. The summed E-state index contributed by atoms with van der Waals surface area (Å²) >= 11 is 0. The Bertz CT molecular complexity index is 353. The molecule has 0 aliphatic carbocycles. The Labute approximate surface area is 94.4 Å². The second-order valence-corrected chi connectivity index (χ2v) is 3.85. The van der Waals surface area contributed by atoms with Crippen LogP contribution in [0.4, 0.5) is 4.79 Å². The summed E-state index contributed by atoms with van der Waals surface area (Å²) in [5.41, 5.74) is 1.04. The van der Waals surface area contributed by atoms with Crippen LogP contribution in [0.15, 0.2) is 30.3 Å². The Morgan fingerprint density at radius 1 is 1.38 bits per heavy atom. The second kappa shape index (κ2) is 4.99. The highest BCUT2D eigenvalue weighted by molar-refractivity contribution is 5.68. The highest BCUT2D eigenvalue weighted by atomic mass is 16.6. The first-order chi connectivity index (χ1) is 7.81. The van der Waals surface area contributed by atoms with Crippen molar-refractivity contribution in [2.24, 2.45) is 0 Å². The van der Waals surface area contributed by atoms with Gasteiger partial charge in [-0.05, 0) is 5.56 Å². The van der Waals surface area contributed by atoms with Crippen molar-refractivity contribution in [3.05, 3.63) is 35.9 Å². The summed E-state index contributed by atoms with van der Waals surface area (Å²) in [7, 11) is 0. The highest BCUT2D eigenvalue weighted by Gasteiger charge is 2.28. The van der Waals surface area contributed by atoms with Gasteiger partial charge >= 0.3 is 6.09 Å². The van der Waals surface area contributed by atoms with Crippen molar-refractivity contribution in [1.82, 2.24) is 4.90 Å². The number of carbonyl (C=O) groups is 1. The number of aliphatic hydroxyl groups is 1. The van der Waals surface area contributed by atoms with Crippen molar-refractivity contribution < 1.29 is 14.6 Å². The van der Waals surface area contributed by atoms with Crippen LogP contribution in [-0.4, -0.2) is 35.4 Å². The van der Waals surface area contributed by atoms with Crippen molar-refractivity contribution in [2.45, 2.75) is 19.0 Å². The first-order valence-corrected chi connectivity index (χ1v) is 5.39. The van der Waals surface area contributed by atoms with Crippen LogP contribution in [0.25, 0.3) is 0 Å². The molecule has 1 amide bonds. The normalized spacial score (nSPS) is 20.7. The molecule has 0 saturated carbocycles. The van der Waals surface area contributed by atoms with Gasteiger partial charge in [0.25, 0.3) is 0 Å². The van der Waals surface area contributed by atoms with Crippen LogP contribution >= 0.6 is 0 Å². The lowest BCUT2D eigenvalue weighted by Crippen LogP contribution is -2.46. The van der Waals surface area contributed by atoms with E-state index in [-0.39, 0.29) is 18.7 Å². The fourth-order valence-electron chi connectivity index (χ4n) is 1.83. The van der Waals surface area contributed by atoms with Crippen molar-refractivity contribution in [2.75, 3.05) is 13.2 Å². The molecule has 16 heavy (non-hydrogen) atoms. The third-order valence-electron chi connectivity index (χ3n) is 2.76. The van der Waals surface area contributed by atoms with Gasteiger partial charge in [0, 0.05) is 13.0 Å². The number of rotatable bonds is 3. The molecule has 0 aromatic heterocycles. The zero-order valence-electron chi connectivity index (χ0n) is 9.00. The van der Waals surface area contributed by atoms with Crippen LogP contribution in [0.3, 0.4) is 0 Å². The molecule has 0 radical (unpaired) electrons. The van der Waals surface area contributed by atoms with Crippen LogP contribution in [0.1, 0.15) is 12.0 Å². The lowest BCUT2D eigenvalue weighted by Gasteiger charge is -2.33. The maximum atomic E-state index is 11.6. The fraction of sp³-hybridized carbons (Fsp3) is 0.417. The zero-order chi connectivity index (χ0) is 11.4. The summed E-state index contributed by atoms with van der Waals surface area (Å²) in [6, 6.07) is 9.58. The Morgan fingerprint density at radius 2 is 2.12 bits per heavy atom. The van der Waals surface area contributed by atoms with Gasteiger partial charge in [-0.25, -0.2) is 4.79 Å². The zero-order valence-corrected chi connectivity index (χ0v) is 9.00. The van der Waals surface area contributed by atoms with E-state index in [0.29, 0.717) is 19.6 Å². The Hall–Kier alpha value is -1.55. The van der Waals surface area contributed by atoms with Gasteiger partial charge in [-0.2, -0.15) is 0 Å². The fourth-order valence-corrected chi connectivity index (χ4v) is 1.83. The number of hydrogen-bond acceptors (Lipinski definition) is 3. The van der Waals surface area contributed by atoms with Crippen LogP contribution in [-0.2, 0) is 11.3 Å². The third kappa shape index (κ3) is 2.33. The Balaban J connectivity index is 2.08. The van der Waals surface area contributed by atoms with E-state index in [1.165, 1.54) is 0 Å². The Kier molecular flexibility index (Phi) is 3.41. The van der Waals surface area contributed by atoms with Gasteiger partial charge in [0.1, 0.15) is 0 Å². The number of nitrogens with zero attached hydrogens (tertiary/aromatic N) is 1. The largest absolute Gasteiger partial charge is 0.449 e. The second-order valence-electron chi connectivity index (χ2n) is 3.85. The molecule has 1 aliphatic rings. The summed E-state index contributed by atoms with van der Waals surface area (Å²) in [6.45, 7) is 0.877. The molecule has 86 valence electrons. The minimum atomic E-state index is -0.339. The first kappa shape index (κ1) is 11.0. The van der Waals surface area contributed by atoms with Gasteiger partial charge in [-0.15, -0.1) is 0 Å². The van der Waals surface area contributed by atoms with Crippen molar-refractivity contribution >= 4 is 6.09 Å². The summed E-state index contributed by atoms with van der Waals surface area (Å²) < 4.78 is 4.97. The summed E-state index contributed by atoms with van der Waals surface area (Å²) in [5, 5.41) is 9.21. The monoisotopic (exact) mass is 221 g/mol. The predicted molar refractivity (Wildman–Crippen MR) is 58.8 cm³/mol. The van der Waals surface area contributed by atoms with Gasteiger partial charge in [0.2, 0.25) is 0 Å². The van der Waals surface area contributed by atoms with Crippen molar-refractivity contribution in [3.63, 3.8) is 0 Å². The predicted octanol–water partition coefficient (Wildman–Crippen LogP) is 1.39. The smallest absolute Gasteiger partial charge is 0.410 e. The molecule has 1 aromatic carbocycles. The van der Waals surface area contributed by atoms with E-state index in [4.69, 9.17) is 4.74 Å². The molecule has 4 heteroatoms. The van der Waals surface area contributed by atoms with Crippen molar-refractivity contribution in [1.29, 1.82) is 0 Å². The van der Waals surface area contributed by atoms with E-state index in [1.807, 2.05) is 30.3 Å². The minimum Gasteiger partial charge on any atom is -0.449 e. The number of ether oxygens (including phenoxy) is 1. The van der Waals surface area contributed by atoms with Gasteiger partial charge in [0.05, 0.1) is 19.3 Å². The number of aliphatic hydroxyl groups excluding tert-OH is 1. The van der Waals surface area contributed by atoms with E-state index in [0.717, 1.165) is 5.56 Å². The molecular weight excluding hydrogens is 206 g/mol. The molecule has 0 unspecified atom stereocenters. The van der Waals surface area contributed by atoms with E-state index in [9.17, 15) is 9.90 Å². The molecule has 0 spiro atoms. The van der Waals surface area contributed by atoms with Gasteiger partial charge in [-0.3, -0.25) is 4.90 Å². The summed E-state index contributed by atoms with van der Waals surface area (Å²) in [4.78, 5) is 13.1. The molecule has 1 N–H and O–H groups in total. The molecular formula is C12H15NO3. The molecule has 1 saturated heterocycles. The number of cyclic esters (lactones) is 1. The van der Waals surface area contributed by atoms with Crippen LogP contribution in [0.2, 0.25) is 0 Å². The first-order valence-electron chi connectivity index (χ1n) is 5.39. The van der Waals surface area contributed by atoms with Gasteiger partial charge in [-0.1, -0.05) is 30.3 Å². The van der Waals surface area contributed by atoms with E-state index in [1.54, 1.807) is 4.90 Å². The molecule has 1 atom stereocenters. The van der Waals surface area contributed by atoms with Crippen LogP contribution in [0, 0.1) is 0 Å². The molecule has 0 bridgehead atoms. The van der Waals surface area contributed by atoms with Crippen LogP contribution in [0.5, 0.6) is 0 Å². The Morgan fingerprint density at radius 3 is 2.81 bits per heavy atom. The number of benzene rings is 1. The molecule has 1 aromatic rings. The standard InChI is InChI=1S/C12H15NO3/c14-9-11-6-7-16-12(15)13(11)8-10-4-2-1-3-5-10/h1-5,11,14H,6-9H2/t11-/m0/s1. The molecule has 2 rings (SSSR count). The van der Waals surface area contributed by atoms with Crippen molar-refractivity contribution in [3.8, 4) is 0 Å². The topological polar surface area (TPSA) is 49.8 Å². The lowest BCUT2D eigenvalue weighted by molar-refractivity contribution is 0.0216. The third-order valence-corrected chi connectivity index (χ3v) is 2.76. The van der Waals surface area contributed by atoms with Crippen LogP contribution < -0.4 is 0 Å².